The third-order valence-corrected chi connectivity index (χ3v) is 3.27. The van der Waals surface area contributed by atoms with Crippen LogP contribution in [-0.2, 0) is 6.54 Å². The summed E-state index contributed by atoms with van der Waals surface area (Å²) in [6.07, 6.45) is 2.67. The molecule has 1 saturated heterocycles. The van der Waals surface area contributed by atoms with Gasteiger partial charge in [0.05, 0.1) is 6.54 Å². The summed E-state index contributed by atoms with van der Waals surface area (Å²) < 4.78 is 5.62. The lowest BCUT2D eigenvalue weighted by molar-refractivity contribution is 0.156. The fourth-order valence-corrected chi connectivity index (χ4v) is 2.54. The largest absolute Gasteiger partial charge is 0.465 e. The number of nitrogens with zero attached hydrogens (tertiary/aromatic N) is 1. The van der Waals surface area contributed by atoms with E-state index >= 15 is 0 Å². The molecule has 0 bridgehead atoms. The molecule has 1 aliphatic rings. The highest BCUT2D eigenvalue weighted by Crippen LogP contribution is 2.18. The molecular formula is C13H22N2O. The lowest BCUT2D eigenvalue weighted by Crippen LogP contribution is -2.38. The van der Waals surface area contributed by atoms with Crippen LogP contribution in [0.5, 0.6) is 0 Å². The Morgan fingerprint density at radius 3 is 3.06 bits per heavy atom. The fraction of sp³-hybridized carbons (Fsp3) is 0.692. The van der Waals surface area contributed by atoms with Crippen molar-refractivity contribution in [2.75, 3.05) is 26.7 Å². The van der Waals surface area contributed by atoms with Gasteiger partial charge in [-0.25, -0.2) is 0 Å². The van der Waals surface area contributed by atoms with Crippen LogP contribution in [0.4, 0.5) is 0 Å². The molecule has 1 N–H and O–H groups in total. The molecule has 90 valence electrons. The lowest BCUT2D eigenvalue weighted by Gasteiger charge is -2.31. The Bertz CT molecular complexity index is 319. The summed E-state index contributed by atoms with van der Waals surface area (Å²) in [5.74, 6) is 2.91. The van der Waals surface area contributed by atoms with E-state index in [1.807, 2.05) is 20.0 Å². The number of aryl methyl sites for hydroxylation is 1. The summed E-state index contributed by atoms with van der Waals surface area (Å²) in [6.45, 7) is 6.51. The van der Waals surface area contributed by atoms with Gasteiger partial charge in [-0.05, 0) is 58.0 Å². The molecule has 0 spiro atoms. The molecule has 2 heterocycles. The minimum absolute atomic E-state index is 0.801. The Morgan fingerprint density at radius 1 is 1.50 bits per heavy atom. The molecule has 0 amide bonds. The van der Waals surface area contributed by atoms with Crippen LogP contribution in [0.3, 0.4) is 0 Å². The van der Waals surface area contributed by atoms with Gasteiger partial charge in [-0.2, -0.15) is 0 Å². The first kappa shape index (κ1) is 11.7. The van der Waals surface area contributed by atoms with Gasteiger partial charge < -0.3 is 9.73 Å². The highest BCUT2D eigenvalue weighted by atomic mass is 16.3. The first-order chi connectivity index (χ1) is 7.78. The third-order valence-electron chi connectivity index (χ3n) is 3.27. The minimum Gasteiger partial charge on any atom is -0.465 e. The van der Waals surface area contributed by atoms with E-state index < -0.39 is 0 Å². The zero-order chi connectivity index (χ0) is 11.4. The van der Waals surface area contributed by atoms with Gasteiger partial charge >= 0.3 is 0 Å². The number of nitrogens with one attached hydrogen (secondary N) is 1. The van der Waals surface area contributed by atoms with Crippen molar-refractivity contribution in [3.8, 4) is 0 Å². The van der Waals surface area contributed by atoms with Crippen molar-refractivity contribution in [3.63, 3.8) is 0 Å². The molecule has 1 unspecified atom stereocenters. The monoisotopic (exact) mass is 222 g/mol. The molecule has 3 nitrogen and oxygen atoms in total. The van der Waals surface area contributed by atoms with Gasteiger partial charge in [0.25, 0.3) is 0 Å². The first-order valence-electron chi connectivity index (χ1n) is 6.20. The average Bonchev–Trinajstić information content (AvgIpc) is 2.65. The third kappa shape index (κ3) is 3.09. The highest BCUT2D eigenvalue weighted by Gasteiger charge is 2.19. The number of hydrogen-bond acceptors (Lipinski definition) is 3. The quantitative estimate of drug-likeness (QED) is 0.845. The molecule has 1 aromatic heterocycles. The van der Waals surface area contributed by atoms with Crippen LogP contribution in [0.25, 0.3) is 0 Å². The molecule has 2 rings (SSSR count). The van der Waals surface area contributed by atoms with Gasteiger partial charge in [0.15, 0.2) is 0 Å². The molecule has 16 heavy (non-hydrogen) atoms. The van der Waals surface area contributed by atoms with Crippen molar-refractivity contribution in [1.82, 2.24) is 10.2 Å². The van der Waals surface area contributed by atoms with E-state index in [2.05, 4.69) is 16.3 Å². The van der Waals surface area contributed by atoms with Crippen molar-refractivity contribution in [1.29, 1.82) is 0 Å². The second-order valence-electron chi connectivity index (χ2n) is 4.81. The molecule has 0 radical (unpaired) electrons. The summed E-state index contributed by atoms with van der Waals surface area (Å²) in [4.78, 5) is 2.50. The van der Waals surface area contributed by atoms with E-state index in [1.165, 1.54) is 25.9 Å². The van der Waals surface area contributed by atoms with Crippen molar-refractivity contribution in [2.45, 2.75) is 26.3 Å². The maximum atomic E-state index is 5.62. The van der Waals surface area contributed by atoms with Gasteiger partial charge in [0, 0.05) is 6.54 Å². The number of likely N-dealkylation sites (tertiary alicyclic amines) is 1. The first-order valence-corrected chi connectivity index (χ1v) is 6.20. The van der Waals surface area contributed by atoms with Crippen molar-refractivity contribution >= 4 is 0 Å². The maximum Gasteiger partial charge on any atom is 0.118 e. The number of rotatable bonds is 4. The number of hydrogen-bond donors (Lipinski definition) is 1. The Balaban J connectivity index is 1.85. The van der Waals surface area contributed by atoms with Gasteiger partial charge in [-0.3, -0.25) is 4.90 Å². The molecule has 1 atom stereocenters. The van der Waals surface area contributed by atoms with Gasteiger partial charge in [0.2, 0.25) is 0 Å². The van der Waals surface area contributed by atoms with E-state index in [0.717, 1.165) is 30.5 Å². The Hall–Kier alpha value is -0.800. The summed E-state index contributed by atoms with van der Waals surface area (Å²) in [5, 5.41) is 3.28. The fourth-order valence-electron chi connectivity index (χ4n) is 2.54. The van der Waals surface area contributed by atoms with E-state index in [9.17, 15) is 0 Å². The number of piperidine rings is 1. The SMILES string of the molecule is CNCC1CCCN(Cc2ccc(C)o2)C1. The van der Waals surface area contributed by atoms with E-state index in [0.29, 0.717) is 0 Å². The summed E-state index contributed by atoms with van der Waals surface area (Å²) in [5.41, 5.74) is 0. The molecule has 1 aliphatic heterocycles. The van der Waals surface area contributed by atoms with Crippen LogP contribution in [0, 0.1) is 12.8 Å². The standard InChI is InChI=1S/C13H22N2O/c1-11-5-6-13(16-11)10-15-7-3-4-12(9-15)8-14-2/h5-6,12,14H,3-4,7-10H2,1-2H3. The summed E-state index contributed by atoms with van der Waals surface area (Å²) in [7, 11) is 2.04. The van der Waals surface area contributed by atoms with Crippen LogP contribution in [0.15, 0.2) is 16.5 Å². The maximum absolute atomic E-state index is 5.62. The van der Waals surface area contributed by atoms with Crippen LogP contribution >= 0.6 is 0 Å². The van der Waals surface area contributed by atoms with E-state index in [1.54, 1.807) is 0 Å². The minimum atomic E-state index is 0.801. The van der Waals surface area contributed by atoms with Gasteiger partial charge in [-0.15, -0.1) is 0 Å². The van der Waals surface area contributed by atoms with E-state index in [4.69, 9.17) is 4.42 Å². The van der Waals surface area contributed by atoms with Crippen molar-refractivity contribution in [2.24, 2.45) is 5.92 Å². The van der Waals surface area contributed by atoms with Crippen LogP contribution < -0.4 is 5.32 Å². The molecular weight excluding hydrogens is 200 g/mol. The molecule has 0 aliphatic carbocycles. The molecule has 0 saturated carbocycles. The highest BCUT2D eigenvalue weighted by molar-refractivity contribution is 5.05. The summed E-state index contributed by atoms with van der Waals surface area (Å²) >= 11 is 0. The smallest absolute Gasteiger partial charge is 0.118 e. The van der Waals surface area contributed by atoms with Crippen molar-refractivity contribution in [3.05, 3.63) is 23.7 Å². The van der Waals surface area contributed by atoms with Crippen LogP contribution in [-0.4, -0.2) is 31.6 Å². The van der Waals surface area contributed by atoms with Gasteiger partial charge in [-0.1, -0.05) is 0 Å². The normalized spacial score (nSPS) is 22.5. The zero-order valence-electron chi connectivity index (χ0n) is 10.3. The van der Waals surface area contributed by atoms with Gasteiger partial charge in [0.1, 0.15) is 11.5 Å². The van der Waals surface area contributed by atoms with Crippen LogP contribution in [0.2, 0.25) is 0 Å². The molecule has 1 fully saturated rings. The zero-order valence-corrected chi connectivity index (χ0v) is 10.3. The Kier molecular flexibility index (Phi) is 4.02. The Labute approximate surface area is 97.8 Å². The molecule has 0 aromatic carbocycles. The second-order valence-corrected chi connectivity index (χ2v) is 4.81. The molecule has 3 heteroatoms. The predicted molar refractivity (Wildman–Crippen MR) is 65.4 cm³/mol. The molecule has 1 aromatic rings. The average molecular weight is 222 g/mol. The van der Waals surface area contributed by atoms with Crippen molar-refractivity contribution < 1.29 is 4.42 Å². The predicted octanol–water partition coefficient (Wildman–Crippen LogP) is 2.02. The number of furan rings is 1. The second kappa shape index (κ2) is 5.51. The van der Waals surface area contributed by atoms with Crippen LogP contribution in [0.1, 0.15) is 24.4 Å². The lowest BCUT2D eigenvalue weighted by atomic mass is 9.98. The topological polar surface area (TPSA) is 28.4 Å². The summed E-state index contributed by atoms with van der Waals surface area (Å²) in [6, 6.07) is 4.14. The van der Waals surface area contributed by atoms with E-state index in [-0.39, 0.29) is 0 Å². The Morgan fingerprint density at radius 2 is 2.38 bits per heavy atom.